The van der Waals surface area contributed by atoms with E-state index in [-0.39, 0.29) is 36.5 Å². The maximum absolute atomic E-state index is 12.5. The monoisotopic (exact) mass is 383 g/mol. The second-order valence-electron chi connectivity index (χ2n) is 6.81. The number of carbonyl (C=O) groups is 2. The topological polar surface area (TPSA) is 149 Å². The van der Waals surface area contributed by atoms with Gasteiger partial charge < -0.3 is 26.3 Å². The Hall–Kier alpha value is -2.75. The molecule has 1 atom stereocenters. The van der Waals surface area contributed by atoms with Gasteiger partial charge in [0.05, 0.1) is 11.3 Å². The van der Waals surface area contributed by atoms with Gasteiger partial charge in [0.15, 0.2) is 0 Å². The van der Waals surface area contributed by atoms with Crippen LogP contribution in [0.1, 0.15) is 39.3 Å². The van der Waals surface area contributed by atoms with Crippen LogP contribution in [0, 0.1) is 0 Å². The van der Waals surface area contributed by atoms with Crippen molar-refractivity contribution in [1.82, 2.24) is 4.98 Å². The molecule has 0 aliphatic carbocycles. The molecule has 1 aromatic heterocycles. The molecule has 146 valence electrons. The molecule has 28 heavy (non-hydrogen) atoms. The SMILES string of the molecule is NCc1ccc(CC(=O)C[C@H]2Cc3cccc(C(=O)O)c3OB2O)nc1CN. The molecule has 8 nitrogen and oxygen atoms in total. The molecule has 9 heteroatoms. The van der Waals surface area contributed by atoms with E-state index in [4.69, 9.17) is 16.1 Å². The Morgan fingerprint density at radius 1 is 1.21 bits per heavy atom. The number of hydrogen-bond acceptors (Lipinski definition) is 7. The van der Waals surface area contributed by atoms with E-state index in [1.54, 1.807) is 18.2 Å². The Morgan fingerprint density at radius 2 is 2.00 bits per heavy atom. The summed E-state index contributed by atoms with van der Waals surface area (Å²) in [5, 5.41) is 19.5. The maximum atomic E-state index is 12.5. The minimum atomic E-state index is -1.25. The molecule has 0 saturated carbocycles. The molecule has 6 N–H and O–H groups in total. The van der Waals surface area contributed by atoms with Crippen molar-refractivity contribution in [2.24, 2.45) is 11.5 Å². The third-order valence-electron chi connectivity index (χ3n) is 4.86. The predicted octanol–water partition coefficient (Wildman–Crippen LogP) is 0.685. The van der Waals surface area contributed by atoms with Crippen LogP contribution < -0.4 is 16.1 Å². The van der Waals surface area contributed by atoms with Crippen molar-refractivity contribution >= 4 is 18.9 Å². The first-order valence-corrected chi connectivity index (χ1v) is 9.02. The second-order valence-corrected chi connectivity index (χ2v) is 6.81. The van der Waals surface area contributed by atoms with Crippen molar-refractivity contribution in [3.05, 3.63) is 58.4 Å². The fourth-order valence-corrected chi connectivity index (χ4v) is 3.43. The number of nitrogens with zero attached hydrogens (tertiary/aromatic N) is 1. The first kappa shape index (κ1) is 20.0. The number of carboxylic acids is 1. The molecule has 0 radical (unpaired) electrons. The Labute approximate surface area is 162 Å². The van der Waals surface area contributed by atoms with Crippen molar-refractivity contribution in [2.45, 2.75) is 38.2 Å². The highest BCUT2D eigenvalue weighted by Gasteiger charge is 2.37. The first-order valence-electron chi connectivity index (χ1n) is 9.02. The van der Waals surface area contributed by atoms with Crippen molar-refractivity contribution in [1.29, 1.82) is 0 Å². The Bertz CT molecular complexity index is 905. The summed E-state index contributed by atoms with van der Waals surface area (Å²) in [7, 11) is -1.25. The van der Waals surface area contributed by atoms with Crippen LogP contribution in [-0.2, 0) is 30.7 Å². The summed E-state index contributed by atoms with van der Waals surface area (Å²) >= 11 is 0. The molecule has 3 rings (SSSR count). The van der Waals surface area contributed by atoms with Crippen LogP contribution in [0.25, 0.3) is 0 Å². The van der Waals surface area contributed by atoms with Crippen LogP contribution in [0.5, 0.6) is 5.75 Å². The Morgan fingerprint density at radius 3 is 2.68 bits per heavy atom. The van der Waals surface area contributed by atoms with E-state index in [2.05, 4.69) is 4.98 Å². The van der Waals surface area contributed by atoms with Gasteiger partial charge >= 0.3 is 13.1 Å². The second kappa shape index (κ2) is 8.51. The number of fused-ring (bicyclic) bond motifs is 1. The van der Waals surface area contributed by atoms with Gasteiger partial charge in [0, 0.05) is 37.4 Å². The van der Waals surface area contributed by atoms with E-state index in [0.29, 0.717) is 29.9 Å². The van der Waals surface area contributed by atoms with Gasteiger partial charge in [-0.25, -0.2) is 4.79 Å². The molecule has 0 fully saturated rings. The quantitative estimate of drug-likeness (QED) is 0.510. The molecule has 2 aromatic rings. The molecule has 1 aliphatic rings. The summed E-state index contributed by atoms with van der Waals surface area (Å²) in [5.41, 5.74) is 14.1. The lowest BCUT2D eigenvalue weighted by atomic mass is 9.64. The standard InChI is InChI=1S/C19H22BN3O5/c21-9-12-4-5-14(23-17(12)10-22)8-15(24)7-13-6-11-2-1-3-16(19(25)26)18(11)28-20(13)27/h1-5,13,27H,6-10,21-22H2,(H,25,26)/t13-/m1/s1. The van der Waals surface area contributed by atoms with Gasteiger partial charge in [0.25, 0.3) is 0 Å². The first-order chi connectivity index (χ1) is 13.4. The van der Waals surface area contributed by atoms with E-state index in [1.807, 2.05) is 6.07 Å². The number of aromatic nitrogens is 1. The van der Waals surface area contributed by atoms with Gasteiger partial charge in [-0.1, -0.05) is 18.2 Å². The zero-order valence-electron chi connectivity index (χ0n) is 15.3. The van der Waals surface area contributed by atoms with Gasteiger partial charge in [-0.15, -0.1) is 0 Å². The summed E-state index contributed by atoms with van der Waals surface area (Å²) in [6, 6.07) is 8.36. The summed E-state index contributed by atoms with van der Waals surface area (Å²) in [5.74, 6) is -1.51. The lowest BCUT2D eigenvalue weighted by molar-refractivity contribution is -0.118. The Balaban J connectivity index is 1.70. The summed E-state index contributed by atoms with van der Waals surface area (Å²) in [6.45, 7) is 0.573. The van der Waals surface area contributed by atoms with Gasteiger partial charge in [0.1, 0.15) is 11.5 Å². The predicted molar refractivity (Wildman–Crippen MR) is 103 cm³/mol. The fourth-order valence-electron chi connectivity index (χ4n) is 3.43. The number of benzene rings is 1. The van der Waals surface area contributed by atoms with E-state index in [9.17, 15) is 19.7 Å². The molecule has 1 aromatic carbocycles. The minimum Gasteiger partial charge on any atom is -0.535 e. The third-order valence-corrected chi connectivity index (χ3v) is 4.86. The summed E-state index contributed by atoms with van der Waals surface area (Å²) < 4.78 is 5.43. The Kier molecular flexibility index (Phi) is 6.08. The van der Waals surface area contributed by atoms with Crippen molar-refractivity contribution in [3.8, 4) is 5.75 Å². The van der Waals surface area contributed by atoms with Crippen LogP contribution in [-0.4, -0.2) is 34.0 Å². The van der Waals surface area contributed by atoms with Gasteiger partial charge in [0.2, 0.25) is 0 Å². The van der Waals surface area contributed by atoms with Crippen molar-refractivity contribution < 1.29 is 24.4 Å². The number of rotatable bonds is 7. The molecular weight excluding hydrogens is 361 g/mol. The number of carbonyl (C=O) groups excluding carboxylic acids is 1. The highest BCUT2D eigenvalue weighted by Crippen LogP contribution is 2.36. The molecule has 0 bridgehead atoms. The van der Waals surface area contributed by atoms with E-state index in [1.165, 1.54) is 6.07 Å². The number of nitrogens with two attached hydrogens (primary N) is 2. The minimum absolute atomic E-state index is 0.000154. The summed E-state index contributed by atoms with van der Waals surface area (Å²) in [6.07, 6.45) is 0.566. The number of aromatic carboxylic acids is 1. The third kappa shape index (κ3) is 4.22. The van der Waals surface area contributed by atoms with Crippen LogP contribution >= 0.6 is 0 Å². The van der Waals surface area contributed by atoms with Crippen LogP contribution in [0.4, 0.5) is 0 Å². The van der Waals surface area contributed by atoms with Crippen LogP contribution in [0.3, 0.4) is 0 Å². The van der Waals surface area contributed by atoms with Gasteiger partial charge in [-0.05, 0) is 29.7 Å². The van der Waals surface area contributed by atoms with Crippen molar-refractivity contribution in [3.63, 3.8) is 0 Å². The van der Waals surface area contributed by atoms with E-state index < -0.39 is 18.9 Å². The smallest absolute Gasteiger partial charge is 0.526 e. The molecule has 1 aliphatic heterocycles. The highest BCUT2D eigenvalue weighted by atomic mass is 16.5. The fraction of sp³-hybridized carbons (Fsp3) is 0.316. The maximum Gasteiger partial charge on any atom is 0.526 e. The number of para-hydroxylation sites is 1. The molecular formula is C19H22BN3O5. The zero-order valence-corrected chi connectivity index (χ0v) is 15.3. The lowest BCUT2D eigenvalue weighted by Crippen LogP contribution is -2.36. The normalized spacial score (nSPS) is 15.7. The molecule has 0 amide bonds. The zero-order chi connectivity index (χ0) is 20.3. The molecule has 2 heterocycles. The highest BCUT2D eigenvalue weighted by molar-refractivity contribution is 6.47. The van der Waals surface area contributed by atoms with Crippen molar-refractivity contribution in [2.75, 3.05) is 0 Å². The number of Topliss-reactive ketones (excluding diaryl/α,β-unsaturated/α-hetero) is 1. The lowest BCUT2D eigenvalue weighted by Gasteiger charge is -2.28. The average Bonchev–Trinajstić information content (AvgIpc) is 2.67. The number of pyridine rings is 1. The number of ketones is 1. The van der Waals surface area contributed by atoms with Crippen LogP contribution in [0.15, 0.2) is 30.3 Å². The molecule has 0 spiro atoms. The number of hydrogen-bond donors (Lipinski definition) is 4. The van der Waals surface area contributed by atoms with Gasteiger partial charge in [-0.2, -0.15) is 0 Å². The van der Waals surface area contributed by atoms with Crippen LogP contribution in [0.2, 0.25) is 5.82 Å². The molecule has 0 saturated heterocycles. The molecule has 0 unspecified atom stereocenters. The van der Waals surface area contributed by atoms with E-state index >= 15 is 0 Å². The number of carboxylic acid groups (broad SMARTS) is 1. The van der Waals surface area contributed by atoms with E-state index in [0.717, 1.165) is 5.56 Å². The average molecular weight is 383 g/mol. The van der Waals surface area contributed by atoms with Gasteiger partial charge in [-0.3, -0.25) is 9.78 Å². The largest absolute Gasteiger partial charge is 0.535 e. The summed E-state index contributed by atoms with van der Waals surface area (Å²) in [4.78, 5) is 28.2.